The summed E-state index contributed by atoms with van der Waals surface area (Å²) in [4.78, 5) is 0. The third kappa shape index (κ3) is 6.37. The molecule has 0 fully saturated rings. The molecule has 0 saturated heterocycles. The van der Waals surface area contributed by atoms with Crippen molar-refractivity contribution in [2.75, 3.05) is 19.8 Å². The van der Waals surface area contributed by atoms with Gasteiger partial charge in [0.25, 0.3) is 0 Å². The molecule has 108 valence electrons. The van der Waals surface area contributed by atoms with E-state index < -0.39 is 0 Å². The van der Waals surface area contributed by atoms with Crippen LogP contribution in [0.2, 0.25) is 5.02 Å². The molecule has 0 aliphatic rings. The minimum absolute atomic E-state index is 0.0850. The largest absolute Gasteiger partial charge is 0.380 e. The second-order valence-corrected chi connectivity index (χ2v) is 5.54. The van der Waals surface area contributed by atoms with Gasteiger partial charge in [-0.2, -0.15) is 0 Å². The third-order valence-corrected chi connectivity index (χ3v) is 3.29. The lowest BCUT2D eigenvalue weighted by Crippen LogP contribution is -2.23. The molecule has 0 aliphatic carbocycles. The molecule has 1 atom stereocenters. The molecule has 0 aliphatic heterocycles. The van der Waals surface area contributed by atoms with Gasteiger partial charge in [0.15, 0.2) is 0 Å². The lowest BCUT2D eigenvalue weighted by molar-refractivity contribution is 0.123. The lowest BCUT2D eigenvalue weighted by Gasteiger charge is -2.16. The summed E-state index contributed by atoms with van der Waals surface area (Å²) in [6.07, 6.45) is 1.08. The monoisotopic (exact) mass is 287 g/mol. The van der Waals surface area contributed by atoms with E-state index in [-0.39, 0.29) is 11.9 Å². The van der Waals surface area contributed by atoms with Crippen molar-refractivity contribution in [3.05, 3.63) is 34.6 Å². The Morgan fingerprint density at radius 3 is 2.63 bits per heavy atom. The smallest absolute Gasteiger partial charge is 0.124 e. The molecule has 0 amide bonds. The fourth-order valence-corrected chi connectivity index (χ4v) is 2.06. The Hall–Kier alpha value is -0.640. The molecular formula is C15H23ClFNO. The normalized spacial score (nSPS) is 12.9. The van der Waals surface area contributed by atoms with E-state index in [2.05, 4.69) is 19.2 Å². The summed E-state index contributed by atoms with van der Waals surface area (Å²) in [6, 6.07) is 4.57. The number of ether oxygens (including phenoxy) is 1. The predicted octanol–water partition coefficient (Wildman–Crippen LogP) is 4.19. The van der Waals surface area contributed by atoms with Gasteiger partial charge in [0.05, 0.1) is 6.61 Å². The number of benzene rings is 1. The number of hydrogen-bond donors (Lipinski definition) is 1. The molecule has 19 heavy (non-hydrogen) atoms. The van der Waals surface area contributed by atoms with Gasteiger partial charge in [-0.1, -0.05) is 31.5 Å². The molecular weight excluding hydrogens is 265 g/mol. The SMILES string of the molecule is CC(C)CCOCCNC(C)c1ccc(F)cc1Cl. The summed E-state index contributed by atoms with van der Waals surface area (Å²) in [5.41, 5.74) is 0.908. The van der Waals surface area contributed by atoms with Crippen molar-refractivity contribution in [1.29, 1.82) is 0 Å². The minimum Gasteiger partial charge on any atom is -0.380 e. The van der Waals surface area contributed by atoms with Crippen molar-refractivity contribution in [2.45, 2.75) is 33.2 Å². The van der Waals surface area contributed by atoms with E-state index in [0.29, 0.717) is 17.5 Å². The van der Waals surface area contributed by atoms with Crippen molar-refractivity contribution in [1.82, 2.24) is 5.32 Å². The first kappa shape index (κ1) is 16.4. The van der Waals surface area contributed by atoms with Crippen LogP contribution in [-0.4, -0.2) is 19.8 Å². The second kappa shape index (κ2) is 8.51. The van der Waals surface area contributed by atoms with Crippen LogP contribution < -0.4 is 5.32 Å². The molecule has 0 saturated carbocycles. The van der Waals surface area contributed by atoms with Crippen LogP contribution in [0, 0.1) is 11.7 Å². The molecule has 4 heteroatoms. The Balaban J connectivity index is 2.25. The Kier molecular flexibility index (Phi) is 7.36. The van der Waals surface area contributed by atoms with Gasteiger partial charge in [-0.05, 0) is 37.0 Å². The highest BCUT2D eigenvalue weighted by molar-refractivity contribution is 6.31. The van der Waals surface area contributed by atoms with Crippen molar-refractivity contribution in [3.8, 4) is 0 Å². The maximum absolute atomic E-state index is 12.9. The highest BCUT2D eigenvalue weighted by Gasteiger charge is 2.09. The van der Waals surface area contributed by atoms with Crippen LogP contribution in [0.5, 0.6) is 0 Å². The molecule has 1 aromatic carbocycles. The van der Waals surface area contributed by atoms with Crippen molar-refractivity contribution < 1.29 is 9.13 Å². The molecule has 0 radical (unpaired) electrons. The van der Waals surface area contributed by atoms with Gasteiger partial charge >= 0.3 is 0 Å². The zero-order valence-electron chi connectivity index (χ0n) is 11.9. The van der Waals surface area contributed by atoms with Crippen LogP contribution in [0.1, 0.15) is 38.8 Å². The molecule has 1 unspecified atom stereocenters. The van der Waals surface area contributed by atoms with Gasteiger partial charge < -0.3 is 10.1 Å². The van der Waals surface area contributed by atoms with Crippen LogP contribution in [-0.2, 0) is 4.74 Å². The van der Waals surface area contributed by atoms with Gasteiger partial charge in [-0.15, -0.1) is 0 Å². The standard InChI is InChI=1S/C15H23ClFNO/c1-11(2)6-8-19-9-7-18-12(3)14-5-4-13(17)10-15(14)16/h4-5,10-12,18H,6-9H2,1-3H3. The summed E-state index contributed by atoms with van der Waals surface area (Å²) < 4.78 is 18.5. The molecule has 0 aromatic heterocycles. The average molecular weight is 288 g/mol. The number of rotatable bonds is 8. The number of nitrogens with one attached hydrogen (secondary N) is 1. The van der Waals surface area contributed by atoms with E-state index in [1.807, 2.05) is 6.92 Å². The first-order chi connectivity index (χ1) is 9.00. The number of hydrogen-bond acceptors (Lipinski definition) is 2. The van der Waals surface area contributed by atoms with E-state index in [1.165, 1.54) is 12.1 Å². The summed E-state index contributed by atoms with van der Waals surface area (Å²) in [5, 5.41) is 3.77. The first-order valence-corrected chi connectivity index (χ1v) is 7.14. The zero-order valence-corrected chi connectivity index (χ0v) is 12.6. The molecule has 1 N–H and O–H groups in total. The molecule has 0 heterocycles. The molecule has 1 rings (SSSR count). The van der Waals surface area contributed by atoms with Crippen LogP contribution in [0.4, 0.5) is 4.39 Å². The van der Waals surface area contributed by atoms with Crippen LogP contribution >= 0.6 is 11.6 Å². The maximum atomic E-state index is 12.9. The Bertz CT molecular complexity index is 384. The average Bonchev–Trinajstić information content (AvgIpc) is 2.32. The van der Waals surface area contributed by atoms with Crippen LogP contribution in [0.3, 0.4) is 0 Å². The number of halogens is 2. The van der Waals surface area contributed by atoms with E-state index in [1.54, 1.807) is 6.07 Å². The van der Waals surface area contributed by atoms with Crippen LogP contribution in [0.25, 0.3) is 0 Å². The van der Waals surface area contributed by atoms with E-state index in [4.69, 9.17) is 16.3 Å². The summed E-state index contributed by atoms with van der Waals surface area (Å²) in [7, 11) is 0. The summed E-state index contributed by atoms with van der Waals surface area (Å²) in [5.74, 6) is 0.364. The second-order valence-electron chi connectivity index (χ2n) is 5.14. The maximum Gasteiger partial charge on any atom is 0.124 e. The van der Waals surface area contributed by atoms with Gasteiger partial charge in [0, 0.05) is 24.2 Å². The van der Waals surface area contributed by atoms with Gasteiger partial charge in [-0.3, -0.25) is 0 Å². The summed E-state index contributed by atoms with van der Waals surface area (Å²) in [6.45, 7) is 8.60. The molecule has 1 aromatic rings. The fourth-order valence-electron chi connectivity index (χ4n) is 1.73. The summed E-state index contributed by atoms with van der Waals surface area (Å²) >= 11 is 6.01. The minimum atomic E-state index is -0.307. The van der Waals surface area contributed by atoms with Crippen LogP contribution in [0.15, 0.2) is 18.2 Å². The molecule has 2 nitrogen and oxygen atoms in total. The highest BCUT2D eigenvalue weighted by atomic mass is 35.5. The van der Waals surface area contributed by atoms with Crippen molar-refractivity contribution >= 4 is 11.6 Å². The van der Waals surface area contributed by atoms with Gasteiger partial charge in [0.2, 0.25) is 0 Å². The topological polar surface area (TPSA) is 21.3 Å². The molecule has 0 bridgehead atoms. The highest BCUT2D eigenvalue weighted by Crippen LogP contribution is 2.23. The Labute approximate surface area is 120 Å². The predicted molar refractivity (Wildman–Crippen MR) is 78.1 cm³/mol. The van der Waals surface area contributed by atoms with Crippen molar-refractivity contribution in [3.63, 3.8) is 0 Å². The van der Waals surface area contributed by atoms with Gasteiger partial charge in [-0.25, -0.2) is 4.39 Å². The quantitative estimate of drug-likeness (QED) is 0.724. The van der Waals surface area contributed by atoms with E-state index in [0.717, 1.165) is 25.1 Å². The first-order valence-electron chi connectivity index (χ1n) is 6.76. The Morgan fingerprint density at radius 2 is 2.00 bits per heavy atom. The molecule has 0 spiro atoms. The van der Waals surface area contributed by atoms with Gasteiger partial charge in [0.1, 0.15) is 5.82 Å². The van der Waals surface area contributed by atoms with E-state index in [9.17, 15) is 4.39 Å². The Morgan fingerprint density at radius 1 is 1.26 bits per heavy atom. The lowest BCUT2D eigenvalue weighted by atomic mass is 10.1. The zero-order chi connectivity index (χ0) is 14.3. The third-order valence-electron chi connectivity index (χ3n) is 2.97. The van der Waals surface area contributed by atoms with Crippen molar-refractivity contribution in [2.24, 2.45) is 5.92 Å². The fraction of sp³-hybridized carbons (Fsp3) is 0.600. The van der Waals surface area contributed by atoms with E-state index >= 15 is 0 Å².